The lowest BCUT2D eigenvalue weighted by Gasteiger charge is -2.27. The van der Waals surface area contributed by atoms with E-state index in [4.69, 9.17) is 0 Å². The lowest BCUT2D eigenvalue weighted by Crippen LogP contribution is -2.49. The molecule has 0 saturated heterocycles. The van der Waals surface area contributed by atoms with E-state index < -0.39 is 24.0 Å². The molecule has 3 amide bonds. The third-order valence-corrected chi connectivity index (χ3v) is 7.72. The maximum atomic E-state index is 13.3. The van der Waals surface area contributed by atoms with E-state index >= 15 is 0 Å². The van der Waals surface area contributed by atoms with Crippen LogP contribution in [0.1, 0.15) is 36.5 Å². The zero-order valence-electron chi connectivity index (χ0n) is 28.6. The average Bonchev–Trinajstić information content (AvgIpc) is 3.12. The lowest BCUT2D eigenvalue weighted by molar-refractivity contribution is -0.144. The second-order valence-corrected chi connectivity index (χ2v) is 11.8. The minimum atomic E-state index is -0.848. The molecule has 3 aromatic heterocycles. The van der Waals surface area contributed by atoms with Crippen LogP contribution in [0.3, 0.4) is 0 Å². The van der Waals surface area contributed by atoms with Crippen LogP contribution < -0.4 is 16.0 Å². The normalized spacial score (nSPS) is 12.2. The van der Waals surface area contributed by atoms with Crippen molar-refractivity contribution in [2.24, 2.45) is 0 Å². The van der Waals surface area contributed by atoms with Crippen LogP contribution in [0.5, 0.6) is 0 Å². The van der Waals surface area contributed by atoms with Gasteiger partial charge in [-0.1, -0.05) is 30.3 Å². The average molecular weight is 681 g/mol. The molecule has 3 N–H and O–H groups in total. The number of pyridine rings is 3. The van der Waals surface area contributed by atoms with Crippen molar-refractivity contribution in [1.29, 1.82) is 0 Å². The first-order valence-electron chi connectivity index (χ1n) is 16.4. The number of carbonyl (C=O) groups is 4. The highest BCUT2D eigenvalue weighted by Crippen LogP contribution is 2.12. The summed E-state index contributed by atoms with van der Waals surface area (Å²) in [5.74, 6) is -1.63. The van der Waals surface area contributed by atoms with E-state index in [0.717, 1.165) is 17.1 Å². The number of hydrogen-bond acceptors (Lipinski definition) is 10. The lowest BCUT2D eigenvalue weighted by atomic mass is 10.1. The predicted octanol–water partition coefficient (Wildman–Crippen LogP) is 2.74. The summed E-state index contributed by atoms with van der Waals surface area (Å²) >= 11 is 0. The van der Waals surface area contributed by atoms with Crippen LogP contribution in [-0.4, -0.2) is 87.3 Å². The van der Waals surface area contributed by atoms with Gasteiger partial charge in [-0.2, -0.15) is 0 Å². The minimum absolute atomic E-state index is 0.0315. The largest absolute Gasteiger partial charge is 0.467 e. The van der Waals surface area contributed by atoms with Crippen LogP contribution in [0.2, 0.25) is 0 Å². The van der Waals surface area contributed by atoms with E-state index in [1.54, 1.807) is 42.9 Å². The Morgan fingerprint density at radius 1 is 0.660 bits per heavy atom. The van der Waals surface area contributed by atoms with Gasteiger partial charge in [0.2, 0.25) is 17.7 Å². The van der Waals surface area contributed by atoms with Crippen LogP contribution in [0.4, 0.5) is 5.69 Å². The van der Waals surface area contributed by atoms with Gasteiger partial charge in [0.05, 0.1) is 37.2 Å². The first-order valence-corrected chi connectivity index (χ1v) is 16.4. The van der Waals surface area contributed by atoms with Crippen LogP contribution >= 0.6 is 0 Å². The van der Waals surface area contributed by atoms with E-state index in [1.165, 1.54) is 21.0 Å². The molecule has 0 radical (unpaired) electrons. The fourth-order valence-corrected chi connectivity index (χ4v) is 5.10. The van der Waals surface area contributed by atoms with Crippen molar-refractivity contribution in [2.75, 3.05) is 32.1 Å². The summed E-state index contributed by atoms with van der Waals surface area (Å²) < 4.78 is 4.61. The highest BCUT2D eigenvalue weighted by atomic mass is 16.5. The number of anilines is 1. The van der Waals surface area contributed by atoms with E-state index in [9.17, 15) is 19.2 Å². The fourth-order valence-electron chi connectivity index (χ4n) is 5.10. The molecule has 0 spiro atoms. The smallest absolute Gasteiger partial charge is 0.328 e. The summed E-state index contributed by atoms with van der Waals surface area (Å²) in [6, 6.07) is 22.7. The molecule has 262 valence electrons. The number of nitrogens with one attached hydrogen (secondary N) is 3. The molecule has 0 aliphatic heterocycles. The topological polar surface area (TPSA) is 159 Å². The zero-order valence-corrected chi connectivity index (χ0v) is 28.6. The SMILES string of the molecule is COC(=O)[C@@H](C)NC(=O)[C@@H](C)NC(=O)Cc1ccc(NC(=O)CN(CCN(Cc2ccccn2)Cc2ccccn2)Cc2ccccn2)cc1. The first kappa shape index (κ1) is 37.3. The van der Waals surface area contributed by atoms with Gasteiger partial charge in [-0.15, -0.1) is 0 Å². The molecule has 13 heteroatoms. The van der Waals surface area contributed by atoms with Gasteiger partial charge in [-0.25, -0.2) is 4.79 Å². The Morgan fingerprint density at radius 3 is 1.68 bits per heavy atom. The Bertz CT molecular complexity index is 1620. The number of methoxy groups -OCH3 is 1. The molecule has 0 fully saturated rings. The maximum absolute atomic E-state index is 13.3. The number of nitrogens with zero attached hydrogens (tertiary/aromatic N) is 5. The van der Waals surface area contributed by atoms with Gasteiger partial charge in [0, 0.05) is 57.0 Å². The van der Waals surface area contributed by atoms with Crippen molar-refractivity contribution >= 4 is 29.4 Å². The van der Waals surface area contributed by atoms with Crippen LogP contribution in [0.15, 0.2) is 97.5 Å². The molecule has 3 heterocycles. The number of ether oxygens (including phenoxy) is 1. The van der Waals surface area contributed by atoms with Crippen molar-refractivity contribution in [3.8, 4) is 0 Å². The number of esters is 1. The summed E-state index contributed by atoms with van der Waals surface area (Å²) in [7, 11) is 1.23. The fraction of sp³-hybridized carbons (Fsp3) is 0.324. The molecular formula is C37H44N8O5. The number of rotatable bonds is 18. The van der Waals surface area contributed by atoms with Gasteiger partial charge >= 0.3 is 5.97 Å². The van der Waals surface area contributed by atoms with Gasteiger partial charge in [-0.05, 0) is 67.9 Å². The molecule has 50 heavy (non-hydrogen) atoms. The van der Waals surface area contributed by atoms with Crippen LogP contribution in [0, 0.1) is 0 Å². The van der Waals surface area contributed by atoms with Gasteiger partial charge < -0.3 is 20.7 Å². The van der Waals surface area contributed by atoms with Crippen molar-refractivity contribution in [3.63, 3.8) is 0 Å². The number of hydrogen-bond donors (Lipinski definition) is 3. The second-order valence-electron chi connectivity index (χ2n) is 11.8. The van der Waals surface area contributed by atoms with Gasteiger partial charge in [0.15, 0.2) is 0 Å². The summed E-state index contributed by atoms with van der Waals surface area (Å²) in [4.78, 5) is 67.6. The van der Waals surface area contributed by atoms with Crippen molar-refractivity contribution in [1.82, 2.24) is 35.4 Å². The highest BCUT2D eigenvalue weighted by molar-refractivity contribution is 5.92. The first-order chi connectivity index (χ1) is 24.2. The molecule has 0 unspecified atom stereocenters. The monoisotopic (exact) mass is 680 g/mol. The van der Waals surface area contributed by atoms with E-state index in [2.05, 4.69) is 45.4 Å². The molecular weight excluding hydrogens is 636 g/mol. The summed E-state index contributed by atoms with van der Waals surface area (Å²) in [5, 5.41) is 8.09. The molecule has 0 saturated carbocycles. The Balaban J connectivity index is 1.33. The quantitative estimate of drug-likeness (QED) is 0.134. The standard InChI is InChI=1S/C37H44N8O5/c1-27(36(48)42-28(2)37(49)50-3)41-34(46)22-29-13-15-30(16-14-29)43-35(47)26-45(25-33-12-6-9-19-40-33)21-20-44(23-31-10-4-7-17-38-31)24-32-11-5-8-18-39-32/h4-19,27-28H,20-26H2,1-3H3,(H,41,46)(H,42,48)(H,43,47)/t27-,28-/m1/s1. The summed E-state index contributed by atoms with van der Waals surface area (Å²) in [6.45, 7) is 6.17. The Hall–Kier alpha value is -5.53. The van der Waals surface area contributed by atoms with E-state index in [0.29, 0.717) is 44.0 Å². The minimum Gasteiger partial charge on any atom is -0.467 e. The Labute approximate surface area is 292 Å². The van der Waals surface area contributed by atoms with Crippen LogP contribution in [0.25, 0.3) is 0 Å². The highest BCUT2D eigenvalue weighted by Gasteiger charge is 2.21. The number of benzene rings is 1. The van der Waals surface area contributed by atoms with Crippen molar-refractivity contribution in [3.05, 3.63) is 120 Å². The molecule has 1 aromatic carbocycles. The van der Waals surface area contributed by atoms with E-state index in [-0.39, 0.29) is 24.8 Å². The molecule has 2 atom stereocenters. The molecule has 0 aliphatic carbocycles. The van der Waals surface area contributed by atoms with Gasteiger partial charge in [0.25, 0.3) is 0 Å². The summed E-state index contributed by atoms with van der Waals surface area (Å²) in [5.41, 5.74) is 4.04. The second kappa shape index (κ2) is 19.5. The molecule has 4 rings (SSSR count). The van der Waals surface area contributed by atoms with Crippen LogP contribution in [-0.2, 0) is 50.0 Å². The molecule has 0 aliphatic rings. The number of amides is 3. The predicted molar refractivity (Wildman–Crippen MR) is 188 cm³/mol. The Kier molecular flexibility index (Phi) is 14.5. The summed E-state index contributed by atoms with van der Waals surface area (Å²) in [6.07, 6.45) is 5.34. The third-order valence-electron chi connectivity index (χ3n) is 7.72. The molecule has 13 nitrogen and oxygen atoms in total. The number of carbonyl (C=O) groups excluding carboxylic acids is 4. The Morgan fingerprint density at radius 2 is 1.18 bits per heavy atom. The zero-order chi connectivity index (χ0) is 35.7. The van der Waals surface area contributed by atoms with Gasteiger partial charge in [-0.3, -0.25) is 39.1 Å². The van der Waals surface area contributed by atoms with Crippen molar-refractivity contribution < 1.29 is 23.9 Å². The van der Waals surface area contributed by atoms with Gasteiger partial charge in [0.1, 0.15) is 12.1 Å². The maximum Gasteiger partial charge on any atom is 0.328 e. The molecule has 0 bridgehead atoms. The van der Waals surface area contributed by atoms with Crippen molar-refractivity contribution in [2.45, 2.75) is 52.0 Å². The third kappa shape index (κ3) is 12.8. The molecule has 4 aromatic rings. The number of aromatic nitrogens is 3. The van der Waals surface area contributed by atoms with E-state index in [1.807, 2.05) is 54.6 Å².